The molecule has 0 nitrogen and oxygen atoms in total. The quantitative estimate of drug-likeness (QED) is 0.538. The normalized spacial score (nSPS) is 12.3. The summed E-state index contributed by atoms with van der Waals surface area (Å²) in [4.78, 5) is 0. The molecule has 1 heteroatoms. The standard InChI is InChI=1S/C14H11Cl/c15-9-11-5-3-7-13-12-6-2-1-4-10(12)8-14(11)13/h1-7H,8-9H2. The monoisotopic (exact) mass is 214 g/mol. The lowest BCUT2D eigenvalue weighted by atomic mass is 10.0. The minimum atomic E-state index is 0.608. The highest BCUT2D eigenvalue weighted by molar-refractivity contribution is 6.17. The van der Waals surface area contributed by atoms with Gasteiger partial charge in [0.05, 0.1) is 0 Å². The summed E-state index contributed by atoms with van der Waals surface area (Å²) in [6, 6.07) is 15.0. The van der Waals surface area contributed by atoms with Gasteiger partial charge in [0, 0.05) is 5.88 Å². The predicted octanol–water partition coefficient (Wildman–Crippen LogP) is 4.00. The largest absolute Gasteiger partial charge is 0.122 e. The van der Waals surface area contributed by atoms with E-state index in [0.717, 1.165) is 6.42 Å². The van der Waals surface area contributed by atoms with Crippen molar-refractivity contribution in [1.82, 2.24) is 0 Å². The number of rotatable bonds is 1. The highest BCUT2D eigenvalue weighted by Crippen LogP contribution is 2.38. The molecule has 2 aromatic rings. The van der Waals surface area contributed by atoms with E-state index in [9.17, 15) is 0 Å². The van der Waals surface area contributed by atoms with E-state index in [1.165, 1.54) is 27.8 Å². The average Bonchev–Trinajstić information content (AvgIpc) is 2.67. The van der Waals surface area contributed by atoms with Gasteiger partial charge in [-0.05, 0) is 34.2 Å². The minimum absolute atomic E-state index is 0.608. The minimum Gasteiger partial charge on any atom is -0.122 e. The van der Waals surface area contributed by atoms with Crippen molar-refractivity contribution >= 4 is 11.6 Å². The lowest BCUT2D eigenvalue weighted by molar-refractivity contribution is 1.20. The van der Waals surface area contributed by atoms with Crippen LogP contribution in [0.1, 0.15) is 16.7 Å². The first-order valence-corrected chi connectivity index (χ1v) is 5.68. The van der Waals surface area contributed by atoms with Gasteiger partial charge < -0.3 is 0 Å². The number of benzene rings is 2. The summed E-state index contributed by atoms with van der Waals surface area (Å²) in [5.41, 5.74) is 6.84. The van der Waals surface area contributed by atoms with Gasteiger partial charge in [-0.2, -0.15) is 0 Å². The first kappa shape index (κ1) is 8.99. The third kappa shape index (κ3) is 1.29. The van der Waals surface area contributed by atoms with Crippen LogP contribution in [0.4, 0.5) is 0 Å². The number of fused-ring (bicyclic) bond motifs is 3. The number of hydrogen-bond donors (Lipinski definition) is 0. The molecule has 0 N–H and O–H groups in total. The van der Waals surface area contributed by atoms with Crippen molar-refractivity contribution in [2.45, 2.75) is 12.3 Å². The van der Waals surface area contributed by atoms with Crippen molar-refractivity contribution in [1.29, 1.82) is 0 Å². The van der Waals surface area contributed by atoms with E-state index >= 15 is 0 Å². The summed E-state index contributed by atoms with van der Waals surface area (Å²) in [5.74, 6) is 0.608. The molecular formula is C14H11Cl. The van der Waals surface area contributed by atoms with E-state index in [1.807, 2.05) is 0 Å². The molecule has 0 aromatic heterocycles. The van der Waals surface area contributed by atoms with Crippen LogP contribution in [0.25, 0.3) is 11.1 Å². The van der Waals surface area contributed by atoms with Crippen LogP contribution >= 0.6 is 11.6 Å². The van der Waals surface area contributed by atoms with E-state index in [4.69, 9.17) is 11.6 Å². The predicted molar refractivity (Wildman–Crippen MR) is 64.2 cm³/mol. The highest BCUT2D eigenvalue weighted by atomic mass is 35.5. The second-order valence-electron chi connectivity index (χ2n) is 3.91. The Hall–Kier alpha value is -1.27. The Morgan fingerprint density at radius 3 is 2.60 bits per heavy atom. The molecule has 0 amide bonds. The summed E-state index contributed by atoms with van der Waals surface area (Å²) >= 11 is 5.95. The van der Waals surface area contributed by atoms with Crippen LogP contribution in [0.5, 0.6) is 0 Å². The lowest BCUT2D eigenvalue weighted by Crippen LogP contribution is -1.88. The zero-order valence-electron chi connectivity index (χ0n) is 8.33. The van der Waals surface area contributed by atoms with Gasteiger partial charge >= 0.3 is 0 Å². The Kier molecular flexibility index (Phi) is 2.03. The molecule has 0 atom stereocenters. The molecule has 1 aliphatic rings. The van der Waals surface area contributed by atoms with Crippen molar-refractivity contribution in [3.05, 3.63) is 59.2 Å². The zero-order chi connectivity index (χ0) is 10.3. The molecule has 0 unspecified atom stereocenters. The SMILES string of the molecule is ClCc1cccc2c1Cc1ccccc1-2. The van der Waals surface area contributed by atoms with Crippen LogP contribution in [-0.4, -0.2) is 0 Å². The second-order valence-corrected chi connectivity index (χ2v) is 4.18. The van der Waals surface area contributed by atoms with E-state index in [2.05, 4.69) is 42.5 Å². The smallest absolute Gasteiger partial charge is 0.0477 e. The van der Waals surface area contributed by atoms with E-state index in [0.29, 0.717) is 5.88 Å². The Morgan fingerprint density at radius 2 is 1.73 bits per heavy atom. The summed E-state index contributed by atoms with van der Waals surface area (Å²) < 4.78 is 0. The fraction of sp³-hybridized carbons (Fsp3) is 0.143. The fourth-order valence-corrected chi connectivity index (χ4v) is 2.60. The van der Waals surface area contributed by atoms with Gasteiger partial charge in [-0.3, -0.25) is 0 Å². The summed E-state index contributed by atoms with van der Waals surface area (Å²) in [5, 5.41) is 0. The van der Waals surface area contributed by atoms with Crippen LogP contribution < -0.4 is 0 Å². The Bertz CT molecular complexity index is 514. The van der Waals surface area contributed by atoms with Gasteiger partial charge in [-0.1, -0.05) is 42.5 Å². The van der Waals surface area contributed by atoms with Crippen molar-refractivity contribution in [2.24, 2.45) is 0 Å². The zero-order valence-corrected chi connectivity index (χ0v) is 9.09. The maximum atomic E-state index is 5.95. The summed E-state index contributed by atoms with van der Waals surface area (Å²) in [6.07, 6.45) is 1.04. The van der Waals surface area contributed by atoms with Gasteiger partial charge in [-0.25, -0.2) is 0 Å². The van der Waals surface area contributed by atoms with Crippen LogP contribution in [0.3, 0.4) is 0 Å². The molecule has 0 aliphatic heterocycles. The maximum Gasteiger partial charge on any atom is 0.0477 e. The second kappa shape index (κ2) is 3.39. The van der Waals surface area contributed by atoms with Gasteiger partial charge in [0.1, 0.15) is 0 Å². The Morgan fingerprint density at radius 1 is 0.933 bits per heavy atom. The molecule has 0 spiro atoms. The maximum absolute atomic E-state index is 5.95. The Labute approximate surface area is 94.5 Å². The van der Waals surface area contributed by atoms with Crippen LogP contribution in [0.2, 0.25) is 0 Å². The van der Waals surface area contributed by atoms with Crippen molar-refractivity contribution in [3.63, 3.8) is 0 Å². The lowest BCUT2D eigenvalue weighted by Gasteiger charge is -2.04. The van der Waals surface area contributed by atoms with Crippen LogP contribution in [0, 0.1) is 0 Å². The number of halogens is 1. The number of hydrogen-bond acceptors (Lipinski definition) is 0. The Balaban J connectivity index is 2.26. The topological polar surface area (TPSA) is 0 Å². The van der Waals surface area contributed by atoms with Crippen molar-refractivity contribution < 1.29 is 0 Å². The van der Waals surface area contributed by atoms with E-state index < -0.39 is 0 Å². The van der Waals surface area contributed by atoms with Crippen LogP contribution in [0.15, 0.2) is 42.5 Å². The van der Waals surface area contributed by atoms with Crippen molar-refractivity contribution in [3.8, 4) is 11.1 Å². The molecule has 2 aromatic carbocycles. The van der Waals surface area contributed by atoms with Crippen molar-refractivity contribution in [2.75, 3.05) is 0 Å². The first-order chi connectivity index (χ1) is 7.40. The summed E-state index contributed by atoms with van der Waals surface area (Å²) in [7, 11) is 0. The molecular weight excluding hydrogens is 204 g/mol. The summed E-state index contributed by atoms with van der Waals surface area (Å²) in [6.45, 7) is 0. The first-order valence-electron chi connectivity index (χ1n) is 5.15. The van der Waals surface area contributed by atoms with Crippen LogP contribution in [-0.2, 0) is 12.3 Å². The molecule has 15 heavy (non-hydrogen) atoms. The molecule has 0 heterocycles. The third-order valence-corrected chi connectivity index (χ3v) is 3.38. The highest BCUT2D eigenvalue weighted by Gasteiger charge is 2.19. The third-order valence-electron chi connectivity index (χ3n) is 3.09. The average molecular weight is 215 g/mol. The van der Waals surface area contributed by atoms with E-state index in [1.54, 1.807) is 0 Å². The van der Waals surface area contributed by atoms with Gasteiger partial charge in [-0.15, -0.1) is 11.6 Å². The molecule has 74 valence electrons. The van der Waals surface area contributed by atoms with Gasteiger partial charge in [0.15, 0.2) is 0 Å². The molecule has 0 saturated carbocycles. The molecule has 0 fully saturated rings. The molecule has 0 radical (unpaired) electrons. The molecule has 3 rings (SSSR count). The van der Waals surface area contributed by atoms with E-state index in [-0.39, 0.29) is 0 Å². The molecule has 0 saturated heterocycles. The van der Waals surface area contributed by atoms with Gasteiger partial charge in [0.25, 0.3) is 0 Å². The molecule has 0 bridgehead atoms. The number of alkyl halides is 1. The van der Waals surface area contributed by atoms with Gasteiger partial charge in [0.2, 0.25) is 0 Å². The fourth-order valence-electron chi connectivity index (χ4n) is 2.35. The molecule has 1 aliphatic carbocycles.